The molecule has 9 atom stereocenters. The molecule has 0 radical (unpaired) electrons. The van der Waals surface area contributed by atoms with Crippen LogP contribution in [0.25, 0.3) is 5.57 Å². The van der Waals surface area contributed by atoms with Crippen molar-refractivity contribution in [2.75, 3.05) is 0 Å². The molecular formula is C41H58O6S2. The number of rotatable bonds is 10. The van der Waals surface area contributed by atoms with E-state index in [0.29, 0.717) is 33.4 Å². The topological polar surface area (TPSA) is 109 Å². The lowest BCUT2D eigenvalue weighted by Crippen LogP contribution is -2.53. The molecule has 4 aliphatic rings. The Morgan fingerprint density at radius 1 is 0.776 bits per heavy atom. The number of fused-ring (bicyclic) bond motifs is 5. The molecule has 4 fully saturated rings. The van der Waals surface area contributed by atoms with Crippen molar-refractivity contribution in [2.45, 2.75) is 121 Å². The van der Waals surface area contributed by atoms with E-state index in [0.717, 1.165) is 54.8 Å². The highest BCUT2D eigenvalue weighted by molar-refractivity contribution is 7.86. The highest BCUT2D eigenvalue weighted by Gasteiger charge is 2.60. The Bertz CT molecular complexity index is 1690. The zero-order valence-electron chi connectivity index (χ0n) is 30.1. The standard InChI is InChI=1S/C41H58O6S2/c1-27(2)9-6-10-28(3)37-17-18-38-35-16-15-32-23-29(19-21-40(32,4)39(35)20-22-41(37,38)5)24-36(30-11-7-13-33(25-30)48(42,43)44)31-12-8-14-34(26-31)49(45,46)47/h7-8,11-14,24-29,32,35,37-39H,6,9-10,15-23H2,1-5H3,(H,42,43,44)(H,45,46,47)/t28?,29?,32?,35?,37-,38?,39?,40+,41-/m1/s1. The van der Waals surface area contributed by atoms with Crippen molar-refractivity contribution >= 4 is 25.8 Å². The molecule has 0 saturated heterocycles. The summed E-state index contributed by atoms with van der Waals surface area (Å²) in [7, 11) is -8.86. The van der Waals surface area contributed by atoms with Crippen LogP contribution in [0.4, 0.5) is 0 Å². The highest BCUT2D eigenvalue weighted by Crippen LogP contribution is 2.68. The molecule has 0 aromatic heterocycles. The van der Waals surface area contributed by atoms with Crippen LogP contribution in [0, 0.1) is 58.2 Å². The van der Waals surface area contributed by atoms with Crippen LogP contribution in [0.2, 0.25) is 0 Å². The molecule has 6 nitrogen and oxygen atoms in total. The fraction of sp³-hybridized carbons (Fsp3) is 0.659. The summed E-state index contributed by atoms with van der Waals surface area (Å²) < 4.78 is 67.8. The molecule has 49 heavy (non-hydrogen) atoms. The van der Waals surface area contributed by atoms with Gasteiger partial charge in [0.15, 0.2) is 0 Å². The van der Waals surface area contributed by atoms with Crippen LogP contribution in [0.15, 0.2) is 64.4 Å². The number of hydrogen-bond acceptors (Lipinski definition) is 4. The summed E-state index contributed by atoms with van der Waals surface area (Å²) in [6.45, 7) is 12.5. The molecule has 0 bridgehead atoms. The monoisotopic (exact) mass is 710 g/mol. The second-order valence-corrected chi connectivity index (χ2v) is 20.2. The van der Waals surface area contributed by atoms with E-state index in [-0.39, 0.29) is 15.7 Å². The first-order chi connectivity index (χ1) is 23.0. The minimum atomic E-state index is -4.43. The summed E-state index contributed by atoms with van der Waals surface area (Å²) in [6.07, 6.45) is 17.6. The Hall–Kier alpha value is -2.00. The van der Waals surface area contributed by atoms with E-state index in [1.54, 1.807) is 24.3 Å². The van der Waals surface area contributed by atoms with Crippen LogP contribution in [-0.2, 0) is 20.2 Å². The summed E-state index contributed by atoms with van der Waals surface area (Å²) in [6, 6.07) is 12.4. The molecule has 8 heteroatoms. The Kier molecular flexibility index (Phi) is 10.4. The molecule has 6 unspecified atom stereocenters. The van der Waals surface area contributed by atoms with Gasteiger partial charge in [-0.15, -0.1) is 0 Å². The fourth-order valence-corrected chi connectivity index (χ4v) is 12.8. The van der Waals surface area contributed by atoms with Crippen LogP contribution in [-0.4, -0.2) is 25.9 Å². The SMILES string of the molecule is CC(C)CCCC(C)[C@H]1CCC2C3CCC4CC(C=C(c5cccc(S(=O)(=O)O)c5)c5cccc(S(=O)(=O)O)c5)CC[C@]4(C)C3CC[C@@]21C. The minimum Gasteiger partial charge on any atom is -0.282 e. The van der Waals surface area contributed by atoms with Crippen molar-refractivity contribution in [2.24, 2.45) is 58.2 Å². The summed E-state index contributed by atoms with van der Waals surface area (Å²) in [5.74, 6) is 5.73. The van der Waals surface area contributed by atoms with E-state index >= 15 is 0 Å². The third-order valence-corrected chi connectivity index (χ3v) is 15.9. The van der Waals surface area contributed by atoms with Crippen molar-refractivity contribution in [1.29, 1.82) is 0 Å². The predicted octanol–water partition coefficient (Wildman–Crippen LogP) is 10.3. The fourth-order valence-electron chi connectivity index (χ4n) is 11.7. The Morgan fingerprint density at radius 2 is 1.37 bits per heavy atom. The van der Waals surface area contributed by atoms with Gasteiger partial charge in [0.25, 0.3) is 20.2 Å². The molecule has 4 aliphatic carbocycles. The molecule has 0 heterocycles. The van der Waals surface area contributed by atoms with Crippen LogP contribution in [0.1, 0.15) is 123 Å². The first kappa shape index (κ1) is 36.8. The lowest BCUT2D eigenvalue weighted by atomic mass is 9.44. The van der Waals surface area contributed by atoms with E-state index in [9.17, 15) is 25.9 Å². The largest absolute Gasteiger partial charge is 0.294 e. The number of allylic oxidation sites excluding steroid dienone is 1. The third kappa shape index (κ3) is 7.36. The predicted molar refractivity (Wildman–Crippen MR) is 196 cm³/mol. The maximum absolute atomic E-state index is 12.1. The van der Waals surface area contributed by atoms with Gasteiger partial charge in [0.05, 0.1) is 9.79 Å². The van der Waals surface area contributed by atoms with Crippen molar-refractivity contribution in [3.8, 4) is 0 Å². The summed E-state index contributed by atoms with van der Waals surface area (Å²) in [4.78, 5) is -0.417. The molecule has 2 N–H and O–H groups in total. The summed E-state index contributed by atoms with van der Waals surface area (Å²) in [5.41, 5.74) is 2.67. The maximum Gasteiger partial charge on any atom is 0.294 e. The van der Waals surface area contributed by atoms with Gasteiger partial charge in [-0.05, 0) is 157 Å². The van der Waals surface area contributed by atoms with E-state index in [1.807, 2.05) is 0 Å². The quantitative estimate of drug-likeness (QED) is 0.238. The van der Waals surface area contributed by atoms with Gasteiger partial charge in [0.1, 0.15) is 0 Å². The maximum atomic E-state index is 12.1. The van der Waals surface area contributed by atoms with E-state index < -0.39 is 20.2 Å². The Morgan fingerprint density at radius 3 is 1.96 bits per heavy atom. The molecule has 2 aromatic carbocycles. The molecule has 0 aliphatic heterocycles. The second-order valence-electron chi connectivity index (χ2n) is 17.3. The average Bonchev–Trinajstić information content (AvgIpc) is 3.40. The molecule has 4 saturated carbocycles. The molecule has 0 spiro atoms. The molecule has 2 aromatic rings. The first-order valence-corrected chi connectivity index (χ1v) is 21.8. The van der Waals surface area contributed by atoms with Gasteiger partial charge in [0.2, 0.25) is 0 Å². The normalized spacial score (nSPS) is 33.7. The van der Waals surface area contributed by atoms with Gasteiger partial charge in [-0.2, -0.15) is 16.8 Å². The van der Waals surface area contributed by atoms with Crippen molar-refractivity contribution in [3.05, 3.63) is 65.7 Å². The minimum absolute atomic E-state index is 0.209. The van der Waals surface area contributed by atoms with Crippen LogP contribution in [0.3, 0.4) is 0 Å². The second kappa shape index (κ2) is 13.9. The van der Waals surface area contributed by atoms with E-state index in [2.05, 4.69) is 40.7 Å². The van der Waals surface area contributed by atoms with Gasteiger partial charge < -0.3 is 0 Å². The third-order valence-electron chi connectivity index (χ3n) is 14.2. The zero-order valence-corrected chi connectivity index (χ0v) is 31.8. The van der Waals surface area contributed by atoms with Crippen molar-refractivity contribution in [3.63, 3.8) is 0 Å². The van der Waals surface area contributed by atoms with E-state index in [1.165, 1.54) is 82.1 Å². The van der Waals surface area contributed by atoms with Gasteiger partial charge in [0, 0.05) is 0 Å². The van der Waals surface area contributed by atoms with Gasteiger partial charge in [-0.3, -0.25) is 9.11 Å². The summed E-state index contributed by atoms with van der Waals surface area (Å²) in [5, 5.41) is 0. The molecule has 6 rings (SSSR count). The summed E-state index contributed by atoms with van der Waals surface area (Å²) >= 11 is 0. The lowest BCUT2D eigenvalue weighted by molar-refractivity contribution is -0.118. The van der Waals surface area contributed by atoms with Gasteiger partial charge >= 0.3 is 0 Å². The number of hydrogen-bond donors (Lipinski definition) is 2. The molecule has 270 valence electrons. The lowest BCUT2D eigenvalue weighted by Gasteiger charge is -2.61. The first-order valence-electron chi connectivity index (χ1n) is 18.9. The Labute approximate surface area is 296 Å². The van der Waals surface area contributed by atoms with Gasteiger partial charge in [-0.25, -0.2) is 0 Å². The smallest absolute Gasteiger partial charge is 0.282 e. The molecular weight excluding hydrogens is 653 g/mol. The van der Waals surface area contributed by atoms with Crippen LogP contribution in [0.5, 0.6) is 0 Å². The Balaban J connectivity index is 1.24. The van der Waals surface area contributed by atoms with Crippen LogP contribution < -0.4 is 0 Å². The van der Waals surface area contributed by atoms with Crippen LogP contribution >= 0.6 is 0 Å². The van der Waals surface area contributed by atoms with Crippen molar-refractivity contribution in [1.82, 2.24) is 0 Å². The average molecular weight is 711 g/mol. The van der Waals surface area contributed by atoms with Crippen molar-refractivity contribution < 1.29 is 25.9 Å². The number of benzene rings is 2. The highest BCUT2D eigenvalue weighted by atomic mass is 32.2. The molecule has 0 amide bonds. The van der Waals surface area contributed by atoms with E-state index in [4.69, 9.17) is 0 Å². The van der Waals surface area contributed by atoms with Gasteiger partial charge in [-0.1, -0.05) is 84.2 Å². The zero-order chi connectivity index (χ0) is 35.4.